The highest BCUT2D eigenvalue weighted by Crippen LogP contribution is 2.21. The monoisotopic (exact) mass is 330 g/mol. The van der Waals surface area contributed by atoms with Crippen molar-refractivity contribution in [3.05, 3.63) is 46.2 Å². The van der Waals surface area contributed by atoms with Crippen molar-refractivity contribution < 1.29 is 4.79 Å². The summed E-state index contributed by atoms with van der Waals surface area (Å²) in [5, 5.41) is 0. The second-order valence-electron chi connectivity index (χ2n) is 6.18. The van der Waals surface area contributed by atoms with Crippen molar-refractivity contribution in [3.8, 4) is 0 Å². The van der Waals surface area contributed by atoms with E-state index in [1.165, 1.54) is 4.88 Å². The molecule has 1 aliphatic heterocycles. The van der Waals surface area contributed by atoms with Crippen LogP contribution in [0.4, 0.5) is 0 Å². The van der Waals surface area contributed by atoms with Crippen molar-refractivity contribution >= 4 is 17.2 Å². The quantitative estimate of drug-likeness (QED) is 0.845. The van der Waals surface area contributed by atoms with Gasteiger partial charge in [-0.1, -0.05) is 6.07 Å². The number of aryl methyl sites for hydroxylation is 1. The number of thiazole rings is 1. The average Bonchev–Trinajstić information content (AvgIpc) is 3.17. The minimum absolute atomic E-state index is 0.0501. The molecule has 0 saturated carbocycles. The van der Waals surface area contributed by atoms with E-state index in [1.54, 1.807) is 23.6 Å². The second kappa shape index (κ2) is 7.19. The number of carbonyl (C=O) groups excluding carboxylic acids is 1. The van der Waals surface area contributed by atoms with Gasteiger partial charge >= 0.3 is 0 Å². The molecule has 2 aromatic rings. The van der Waals surface area contributed by atoms with Gasteiger partial charge in [-0.2, -0.15) is 0 Å². The van der Waals surface area contributed by atoms with Gasteiger partial charge in [0.2, 0.25) is 0 Å². The van der Waals surface area contributed by atoms with Gasteiger partial charge in [0.1, 0.15) is 5.69 Å². The van der Waals surface area contributed by atoms with Crippen LogP contribution in [0.2, 0.25) is 0 Å². The molecule has 0 N–H and O–H groups in total. The summed E-state index contributed by atoms with van der Waals surface area (Å²) >= 11 is 1.71. The molecule has 1 amide bonds. The number of amides is 1. The van der Waals surface area contributed by atoms with Crippen LogP contribution in [0.5, 0.6) is 0 Å². The predicted molar refractivity (Wildman–Crippen MR) is 91.4 cm³/mol. The van der Waals surface area contributed by atoms with Gasteiger partial charge in [-0.05, 0) is 38.4 Å². The van der Waals surface area contributed by atoms with E-state index in [2.05, 4.69) is 28.8 Å². The topological polar surface area (TPSA) is 49.3 Å². The second-order valence-corrected chi connectivity index (χ2v) is 7.12. The highest BCUT2D eigenvalue weighted by atomic mass is 32.1. The Balaban J connectivity index is 1.52. The van der Waals surface area contributed by atoms with Crippen LogP contribution in [0.25, 0.3) is 0 Å². The standard InChI is InChI=1S/C17H22N4OS/c1-13-16(23-12-19-13)11-20(2)9-14-6-8-21(10-14)17(22)15-5-3-4-7-18-15/h3-5,7,12,14H,6,8-11H2,1-2H3. The van der Waals surface area contributed by atoms with E-state index in [-0.39, 0.29) is 5.91 Å². The maximum Gasteiger partial charge on any atom is 0.272 e. The largest absolute Gasteiger partial charge is 0.337 e. The van der Waals surface area contributed by atoms with Crippen LogP contribution >= 0.6 is 11.3 Å². The Morgan fingerprint density at radius 1 is 1.43 bits per heavy atom. The highest BCUT2D eigenvalue weighted by molar-refractivity contribution is 7.09. The minimum Gasteiger partial charge on any atom is -0.337 e. The molecule has 0 aliphatic carbocycles. The summed E-state index contributed by atoms with van der Waals surface area (Å²) in [7, 11) is 2.14. The Morgan fingerprint density at radius 3 is 3.00 bits per heavy atom. The lowest BCUT2D eigenvalue weighted by molar-refractivity contribution is 0.0778. The van der Waals surface area contributed by atoms with Crippen molar-refractivity contribution in [3.63, 3.8) is 0 Å². The molecular formula is C17H22N4OS. The summed E-state index contributed by atoms with van der Waals surface area (Å²) in [5.74, 6) is 0.579. The van der Waals surface area contributed by atoms with Crippen LogP contribution in [-0.2, 0) is 6.54 Å². The fraction of sp³-hybridized carbons (Fsp3) is 0.471. The minimum atomic E-state index is 0.0501. The van der Waals surface area contributed by atoms with E-state index in [1.807, 2.05) is 22.5 Å². The lowest BCUT2D eigenvalue weighted by Crippen LogP contribution is -2.32. The summed E-state index contributed by atoms with van der Waals surface area (Å²) in [6.45, 7) is 5.64. The molecule has 1 unspecified atom stereocenters. The predicted octanol–water partition coefficient (Wildman–Crippen LogP) is 2.44. The van der Waals surface area contributed by atoms with Gasteiger partial charge in [-0.15, -0.1) is 11.3 Å². The Bertz CT molecular complexity index is 658. The molecule has 3 rings (SSSR count). The first-order valence-corrected chi connectivity index (χ1v) is 8.79. The number of pyridine rings is 1. The summed E-state index contributed by atoms with van der Waals surface area (Å²) in [5.41, 5.74) is 3.57. The molecule has 1 fully saturated rings. The van der Waals surface area contributed by atoms with Crippen molar-refractivity contribution in [2.75, 3.05) is 26.7 Å². The van der Waals surface area contributed by atoms with Crippen LogP contribution < -0.4 is 0 Å². The molecule has 0 spiro atoms. The number of likely N-dealkylation sites (tertiary alicyclic amines) is 1. The zero-order chi connectivity index (χ0) is 16.2. The molecule has 1 aliphatic rings. The summed E-state index contributed by atoms with van der Waals surface area (Å²) in [4.78, 5) is 26.5. The molecular weight excluding hydrogens is 308 g/mol. The van der Waals surface area contributed by atoms with Crippen LogP contribution in [0, 0.1) is 12.8 Å². The van der Waals surface area contributed by atoms with Gasteiger partial charge in [0.25, 0.3) is 5.91 Å². The van der Waals surface area contributed by atoms with Crippen LogP contribution in [0.15, 0.2) is 29.9 Å². The van der Waals surface area contributed by atoms with Gasteiger partial charge in [-0.3, -0.25) is 9.78 Å². The van der Waals surface area contributed by atoms with Crippen molar-refractivity contribution in [1.82, 2.24) is 19.8 Å². The van der Waals surface area contributed by atoms with E-state index < -0.39 is 0 Å². The zero-order valence-electron chi connectivity index (χ0n) is 13.6. The summed E-state index contributed by atoms with van der Waals surface area (Å²) in [6, 6.07) is 5.48. The summed E-state index contributed by atoms with van der Waals surface area (Å²) in [6.07, 6.45) is 2.73. The van der Waals surface area contributed by atoms with E-state index >= 15 is 0 Å². The van der Waals surface area contributed by atoms with Crippen molar-refractivity contribution in [2.24, 2.45) is 5.92 Å². The third-order valence-electron chi connectivity index (χ3n) is 4.29. The first kappa shape index (κ1) is 16.1. The molecule has 122 valence electrons. The van der Waals surface area contributed by atoms with Gasteiger partial charge in [0.05, 0.1) is 11.2 Å². The normalized spacial score (nSPS) is 17.9. The van der Waals surface area contributed by atoms with Gasteiger partial charge in [0.15, 0.2) is 0 Å². The SMILES string of the molecule is Cc1ncsc1CN(C)CC1CCN(C(=O)c2ccccn2)C1. The lowest BCUT2D eigenvalue weighted by atomic mass is 10.1. The number of hydrogen-bond acceptors (Lipinski definition) is 5. The molecule has 0 radical (unpaired) electrons. The van der Waals surface area contributed by atoms with Crippen molar-refractivity contribution in [1.29, 1.82) is 0 Å². The van der Waals surface area contributed by atoms with Gasteiger partial charge in [-0.25, -0.2) is 4.98 Å². The van der Waals surface area contributed by atoms with Crippen LogP contribution in [0.1, 0.15) is 27.5 Å². The Labute approximate surface area is 141 Å². The molecule has 23 heavy (non-hydrogen) atoms. The fourth-order valence-corrected chi connectivity index (χ4v) is 3.90. The van der Waals surface area contributed by atoms with Gasteiger partial charge in [0, 0.05) is 37.3 Å². The number of carbonyl (C=O) groups is 1. The third-order valence-corrected chi connectivity index (χ3v) is 5.21. The third kappa shape index (κ3) is 3.95. The molecule has 6 heteroatoms. The number of nitrogens with zero attached hydrogens (tertiary/aromatic N) is 4. The first-order valence-electron chi connectivity index (χ1n) is 7.91. The molecule has 5 nitrogen and oxygen atoms in total. The Morgan fingerprint density at radius 2 is 2.30 bits per heavy atom. The van der Waals surface area contributed by atoms with E-state index in [0.717, 1.165) is 38.3 Å². The van der Waals surface area contributed by atoms with Gasteiger partial charge < -0.3 is 9.80 Å². The Hall–Kier alpha value is -1.79. The highest BCUT2D eigenvalue weighted by Gasteiger charge is 2.28. The maximum atomic E-state index is 12.4. The molecule has 1 saturated heterocycles. The fourth-order valence-electron chi connectivity index (χ4n) is 3.05. The van der Waals surface area contributed by atoms with Crippen molar-refractivity contribution in [2.45, 2.75) is 19.9 Å². The smallest absolute Gasteiger partial charge is 0.272 e. The van der Waals surface area contributed by atoms with Crippen LogP contribution in [0.3, 0.4) is 0 Å². The zero-order valence-corrected chi connectivity index (χ0v) is 14.4. The molecule has 0 bridgehead atoms. The lowest BCUT2D eigenvalue weighted by Gasteiger charge is -2.21. The Kier molecular flexibility index (Phi) is 5.03. The molecule has 1 atom stereocenters. The molecule has 3 heterocycles. The maximum absolute atomic E-state index is 12.4. The van der Waals surface area contributed by atoms with Crippen LogP contribution in [-0.4, -0.2) is 52.4 Å². The van der Waals surface area contributed by atoms with E-state index in [4.69, 9.17) is 0 Å². The molecule has 2 aromatic heterocycles. The number of hydrogen-bond donors (Lipinski definition) is 0. The first-order chi connectivity index (χ1) is 11.1. The average molecular weight is 330 g/mol. The number of aromatic nitrogens is 2. The number of rotatable bonds is 5. The van der Waals surface area contributed by atoms with E-state index in [0.29, 0.717) is 11.6 Å². The van der Waals surface area contributed by atoms with E-state index in [9.17, 15) is 4.79 Å². The summed E-state index contributed by atoms with van der Waals surface area (Å²) < 4.78 is 0. The molecule has 0 aromatic carbocycles.